The molecule has 6 nitrogen and oxygen atoms in total. The molecule has 1 aromatic rings. The van der Waals surface area contributed by atoms with Gasteiger partial charge in [-0.2, -0.15) is 0 Å². The number of carbonyl (C=O) groups excluding carboxylic acids is 1. The Bertz CT molecular complexity index is 651. The van der Waals surface area contributed by atoms with Crippen LogP contribution in [0.1, 0.15) is 24.8 Å². The molecule has 3 rings (SSSR count). The van der Waals surface area contributed by atoms with E-state index in [9.17, 15) is 13.2 Å². The standard InChI is InChI=1S/C15H21N3O3S.Na/c1-11-5-7-14(8-6-11)22(20,21)17-15(19)16-18-9-12-3-2-4-13(12)10-18;/h5-8,12-13H,2-4,9-10H2,1H3,(H2,16,17,19);/q;+1/p-1/t12-,13+;. The van der Waals surface area contributed by atoms with Crippen molar-refractivity contribution in [3.8, 4) is 0 Å². The van der Waals surface area contributed by atoms with Crippen LogP contribution in [0, 0.1) is 18.8 Å². The van der Waals surface area contributed by atoms with E-state index in [0.29, 0.717) is 11.8 Å². The molecule has 2 fully saturated rings. The summed E-state index contributed by atoms with van der Waals surface area (Å²) in [7, 11) is -3.95. The molecule has 1 aliphatic heterocycles. The van der Waals surface area contributed by atoms with Crippen molar-refractivity contribution in [3.05, 3.63) is 34.6 Å². The number of benzene rings is 1. The fraction of sp³-hybridized carbons (Fsp3) is 0.533. The van der Waals surface area contributed by atoms with Gasteiger partial charge < -0.3 is 10.1 Å². The van der Waals surface area contributed by atoms with E-state index in [2.05, 4.69) is 10.1 Å². The van der Waals surface area contributed by atoms with Crippen LogP contribution in [-0.4, -0.2) is 32.5 Å². The van der Waals surface area contributed by atoms with E-state index in [1.54, 1.807) is 17.1 Å². The SMILES string of the molecule is Cc1ccc(S(=O)(=O)[N-]C(=O)NN2C[C@H]3CCC[C@H]3C2)cc1.[Na+]. The molecule has 0 spiro atoms. The van der Waals surface area contributed by atoms with Crippen LogP contribution < -0.4 is 35.0 Å². The zero-order valence-corrected chi connectivity index (χ0v) is 16.3. The number of urea groups is 1. The van der Waals surface area contributed by atoms with E-state index in [4.69, 9.17) is 0 Å². The quantitative estimate of drug-likeness (QED) is 0.743. The molecule has 2 atom stereocenters. The number of nitrogens with zero attached hydrogens (tertiary/aromatic N) is 2. The number of hydrogen-bond donors (Lipinski definition) is 1. The van der Waals surface area contributed by atoms with Crippen LogP contribution in [0.3, 0.4) is 0 Å². The Balaban J connectivity index is 0.00000192. The average Bonchev–Trinajstić information content (AvgIpc) is 2.99. The summed E-state index contributed by atoms with van der Waals surface area (Å²) in [6.45, 7) is 3.44. The normalized spacial score (nSPS) is 23.9. The first kappa shape index (κ1) is 18.7. The average molecular weight is 345 g/mol. The molecule has 2 aliphatic rings. The summed E-state index contributed by atoms with van der Waals surface area (Å²) in [5.41, 5.74) is 3.54. The van der Waals surface area contributed by atoms with E-state index in [1.165, 1.54) is 31.4 Å². The molecule has 120 valence electrons. The molecule has 1 aliphatic carbocycles. The van der Waals surface area contributed by atoms with E-state index >= 15 is 0 Å². The van der Waals surface area contributed by atoms with Gasteiger partial charge in [-0.15, -0.1) is 0 Å². The third kappa shape index (κ3) is 4.48. The third-order valence-corrected chi connectivity index (χ3v) is 5.78. The smallest absolute Gasteiger partial charge is 0.394 e. The Morgan fingerprint density at radius 2 is 1.74 bits per heavy atom. The first-order chi connectivity index (χ1) is 10.4. The van der Waals surface area contributed by atoms with E-state index < -0.39 is 16.1 Å². The summed E-state index contributed by atoms with van der Waals surface area (Å²) in [4.78, 5) is 11.9. The van der Waals surface area contributed by atoms with Crippen LogP contribution in [0.5, 0.6) is 0 Å². The van der Waals surface area contributed by atoms with E-state index in [1.807, 2.05) is 6.92 Å². The predicted molar refractivity (Wildman–Crippen MR) is 82.7 cm³/mol. The Hall–Kier alpha value is -0.600. The van der Waals surface area contributed by atoms with Crippen molar-refractivity contribution in [3.63, 3.8) is 0 Å². The number of nitrogens with one attached hydrogen (secondary N) is 1. The van der Waals surface area contributed by atoms with Gasteiger partial charge >= 0.3 is 29.6 Å². The molecular formula is C15H20N3NaO3S. The zero-order valence-electron chi connectivity index (χ0n) is 13.5. The van der Waals surface area contributed by atoms with Gasteiger partial charge in [0.2, 0.25) is 10.0 Å². The molecule has 0 bridgehead atoms. The second-order valence-corrected chi connectivity index (χ2v) is 7.76. The maximum atomic E-state index is 12.1. The van der Waals surface area contributed by atoms with Crippen molar-refractivity contribution in [2.45, 2.75) is 31.1 Å². The summed E-state index contributed by atoms with van der Waals surface area (Å²) in [6, 6.07) is 5.47. The van der Waals surface area contributed by atoms with Crippen LogP contribution in [0.25, 0.3) is 4.72 Å². The first-order valence-electron chi connectivity index (χ1n) is 7.54. The van der Waals surface area contributed by atoms with Crippen molar-refractivity contribution >= 4 is 16.1 Å². The van der Waals surface area contributed by atoms with Gasteiger partial charge in [0.1, 0.15) is 0 Å². The van der Waals surface area contributed by atoms with Gasteiger partial charge in [-0.25, -0.2) is 8.42 Å². The predicted octanol–water partition coefficient (Wildman–Crippen LogP) is -0.582. The van der Waals surface area contributed by atoms with Gasteiger partial charge in [0.25, 0.3) is 0 Å². The fourth-order valence-electron chi connectivity index (χ4n) is 3.35. The molecule has 1 saturated carbocycles. The van der Waals surface area contributed by atoms with E-state index in [0.717, 1.165) is 18.7 Å². The van der Waals surface area contributed by atoms with Crippen molar-refractivity contribution in [1.29, 1.82) is 0 Å². The number of aryl methyl sites for hydroxylation is 1. The van der Waals surface area contributed by atoms with E-state index in [-0.39, 0.29) is 34.5 Å². The minimum atomic E-state index is -3.95. The van der Waals surface area contributed by atoms with Gasteiger partial charge in [-0.3, -0.25) is 9.80 Å². The fourth-order valence-corrected chi connectivity index (χ4v) is 4.20. The number of fused-ring (bicyclic) bond motifs is 1. The van der Waals surface area contributed by atoms with Crippen LogP contribution >= 0.6 is 0 Å². The monoisotopic (exact) mass is 345 g/mol. The summed E-state index contributed by atoms with van der Waals surface area (Å²) in [6.07, 6.45) is 3.63. The first-order valence-corrected chi connectivity index (χ1v) is 8.98. The third-order valence-electron chi connectivity index (χ3n) is 4.50. The van der Waals surface area contributed by atoms with Crippen molar-refractivity contribution < 1.29 is 42.8 Å². The minimum Gasteiger partial charge on any atom is -0.394 e. The number of carbonyl (C=O) groups is 1. The van der Waals surface area contributed by atoms with Gasteiger partial charge in [-0.05, 0) is 43.7 Å². The molecule has 0 radical (unpaired) electrons. The van der Waals surface area contributed by atoms with Gasteiger partial charge in [0, 0.05) is 13.1 Å². The molecular weight excluding hydrogens is 325 g/mol. The Morgan fingerprint density at radius 3 is 2.30 bits per heavy atom. The molecule has 1 aromatic carbocycles. The maximum Gasteiger partial charge on any atom is 1.00 e. The Morgan fingerprint density at radius 1 is 1.17 bits per heavy atom. The molecule has 1 N–H and O–H groups in total. The molecule has 0 aromatic heterocycles. The second kappa shape index (κ2) is 7.53. The van der Waals surface area contributed by atoms with Gasteiger partial charge in [-0.1, -0.05) is 24.1 Å². The summed E-state index contributed by atoms with van der Waals surface area (Å²) < 4.78 is 27.5. The summed E-state index contributed by atoms with van der Waals surface area (Å²) in [5, 5.41) is 1.80. The summed E-state index contributed by atoms with van der Waals surface area (Å²) in [5.74, 6) is 1.24. The zero-order chi connectivity index (χ0) is 15.7. The molecule has 8 heteroatoms. The molecule has 0 unspecified atom stereocenters. The number of rotatable bonds is 3. The number of hydrogen-bond acceptors (Lipinski definition) is 4. The van der Waals surface area contributed by atoms with Gasteiger partial charge in [0.05, 0.1) is 4.90 Å². The van der Waals surface area contributed by atoms with Gasteiger partial charge in [0.15, 0.2) is 6.03 Å². The topological polar surface area (TPSA) is 80.6 Å². The molecule has 1 saturated heterocycles. The minimum absolute atomic E-state index is 0. The molecule has 2 amide bonds. The van der Waals surface area contributed by atoms with Crippen molar-refractivity contribution in [2.75, 3.05) is 13.1 Å². The largest absolute Gasteiger partial charge is 1.00 e. The Kier molecular flexibility index (Phi) is 6.13. The number of amides is 2. The van der Waals surface area contributed by atoms with Crippen LogP contribution in [0.2, 0.25) is 0 Å². The van der Waals surface area contributed by atoms with Crippen LogP contribution in [0.15, 0.2) is 29.2 Å². The number of hydrazine groups is 1. The second-order valence-electron chi connectivity index (χ2n) is 6.15. The van der Waals surface area contributed by atoms with Crippen molar-refractivity contribution in [2.24, 2.45) is 11.8 Å². The van der Waals surface area contributed by atoms with Crippen LogP contribution in [0.4, 0.5) is 4.79 Å². The molecule has 1 heterocycles. The van der Waals surface area contributed by atoms with Crippen LogP contribution in [-0.2, 0) is 10.0 Å². The maximum absolute atomic E-state index is 12.1. The van der Waals surface area contributed by atoms with Crippen molar-refractivity contribution in [1.82, 2.24) is 10.4 Å². The molecule has 23 heavy (non-hydrogen) atoms. The summed E-state index contributed by atoms with van der Waals surface area (Å²) >= 11 is 0. The number of sulfonamides is 1. The Labute approximate surface area is 159 Å².